The Morgan fingerprint density at radius 2 is 2.00 bits per heavy atom. The number of hydrogen-bond acceptors (Lipinski definition) is 4. The predicted molar refractivity (Wildman–Crippen MR) is 69.1 cm³/mol. The Hall–Kier alpha value is -2.17. The molecule has 0 unspecified atom stereocenters. The van der Waals surface area contributed by atoms with E-state index >= 15 is 0 Å². The van der Waals surface area contributed by atoms with Crippen molar-refractivity contribution in [2.75, 3.05) is 11.9 Å². The molecule has 5 heteroatoms. The van der Waals surface area contributed by atoms with E-state index in [0.29, 0.717) is 11.3 Å². The van der Waals surface area contributed by atoms with Gasteiger partial charge in [0.25, 0.3) is 5.78 Å². The molecule has 1 aromatic rings. The highest BCUT2D eigenvalue weighted by atomic mass is 16.5. The van der Waals surface area contributed by atoms with Crippen LogP contribution >= 0.6 is 0 Å². The summed E-state index contributed by atoms with van der Waals surface area (Å²) in [4.78, 5) is 35.0. The van der Waals surface area contributed by atoms with Crippen LogP contribution in [0.4, 0.5) is 5.69 Å². The standard InChI is InChI=1S/C14H15NO4/c1-4-19-12(17)11(16)8-5-6-10-9(7-8)14(2,3)13(18)15-10/h5-7H,4H2,1-3H3,(H,15,18). The molecule has 0 fully saturated rings. The van der Waals surface area contributed by atoms with E-state index in [0.717, 1.165) is 0 Å². The van der Waals surface area contributed by atoms with E-state index in [9.17, 15) is 14.4 Å². The van der Waals surface area contributed by atoms with Gasteiger partial charge in [-0.25, -0.2) is 4.79 Å². The molecule has 0 aromatic heterocycles. The third-order valence-electron chi connectivity index (χ3n) is 3.23. The third kappa shape index (κ3) is 2.12. The van der Waals surface area contributed by atoms with E-state index in [1.54, 1.807) is 32.9 Å². The number of amides is 1. The van der Waals surface area contributed by atoms with Gasteiger partial charge in [-0.1, -0.05) is 0 Å². The number of ketones is 1. The van der Waals surface area contributed by atoms with E-state index in [1.165, 1.54) is 6.07 Å². The van der Waals surface area contributed by atoms with Crippen molar-refractivity contribution in [1.82, 2.24) is 0 Å². The van der Waals surface area contributed by atoms with Crippen molar-refractivity contribution in [2.24, 2.45) is 0 Å². The van der Waals surface area contributed by atoms with Crippen LogP contribution in [0.15, 0.2) is 18.2 Å². The summed E-state index contributed by atoms with van der Waals surface area (Å²) in [6, 6.07) is 4.72. The number of esters is 1. The summed E-state index contributed by atoms with van der Waals surface area (Å²) in [5.41, 5.74) is 0.921. The molecule has 0 saturated carbocycles. The predicted octanol–water partition coefficient (Wildman–Crippen LogP) is 1.66. The van der Waals surface area contributed by atoms with Gasteiger partial charge in [0.05, 0.1) is 12.0 Å². The molecule has 0 aliphatic carbocycles. The summed E-state index contributed by atoms with van der Waals surface area (Å²) in [5, 5.41) is 2.74. The van der Waals surface area contributed by atoms with Gasteiger partial charge in [0, 0.05) is 11.3 Å². The molecule has 0 saturated heterocycles. The number of benzene rings is 1. The number of anilines is 1. The van der Waals surface area contributed by atoms with Crippen LogP contribution < -0.4 is 5.32 Å². The number of Topliss-reactive ketones (excluding diaryl/α,β-unsaturated/α-hetero) is 1. The number of carbonyl (C=O) groups is 3. The molecule has 5 nitrogen and oxygen atoms in total. The molecule has 1 heterocycles. The minimum atomic E-state index is -0.877. The fourth-order valence-corrected chi connectivity index (χ4v) is 2.03. The molecule has 19 heavy (non-hydrogen) atoms. The number of fused-ring (bicyclic) bond motifs is 1. The second kappa shape index (κ2) is 4.50. The van der Waals surface area contributed by atoms with Gasteiger partial charge in [0.15, 0.2) is 0 Å². The SMILES string of the molecule is CCOC(=O)C(=O)c1ccc2c(c1)C(C)(C)C(=O)N2. The third-order valence-corrected chi connectivity index (χ3v) is 3.23. The molecular weight excluding hydrogens is 246 g/mol. The Morgan fingerprint density at radius 1 is 1.32 bits per heavy atom. The van der Waals surface area contributed by atoms with E-state index in [2.05, 4.69) is 10.1 Å². The zero-order valence-corrected chi connectivity index (χ0v) is 11.1. The maximum absolute atomic E-state index is 11.8. The molecule has 0 atom stereocenters. The van der Waals surface area contributed by atoms with Gasteiger partial charge in [-0.05, 0) is 44.5 Å². The minimum Gasteiger partial charge on any atom is -0.460 e. The lowest BCUT2D eigenvalue weighted by molar-refractivity contribution is -0.137. The molecule has 100 valence electrons. The van der Waals surface area contributed by atoms with Crippen molar-refractivity contribution >= 4 is 23.3 Å². The van der Waals surface area contributed by atoms with E-state index in [-0.39, 0.29) is 18.1 Å². The Morgan fingerprint density at radius 3 is 2.63 bits per heavy atom. The van der Waals surface area contributed by atoms with Crippen LogP contribution in [0.1, 0.15) is 36.7 Å². The molecule has 1 aliphatic rings. The monoisotopic (exact) mass is 261 g/mol. The van der Waals surface area contributed by atoms with Crippen molar-refractivity contribution in [2.45, 2.75) is 26.2 Å². The maximum Gasteiger partial charge on any atom is 0.379 e. The van der Waals surface area contributed by atoms with Gasteiger partial charge in [-0.3, -0.25) is 9.59 Å². The first-order valence-corrected chi connectivity index (χ1v) is 6.05. The summed E-state index contributed by atoms with van der Waals surface area (Å²) < 4.78 is 4.68. The number of ether oxygens (including phenoxy) is 1. The van der Waals surface area contributed by atoms with E-state index < -0.39 is 17.2 Å². The van der Waals surface area contributed by atoms with Crippen molar-refractivity contribution in [1.29, 1.82) is 0 Å². The number of rotatable bonds is 3. The lowest BCUT2D eigenvalue weighted by atomic mass is 9.85. The summed E-state index contributed by atoms with van der Waals surface area (Å²) in [5.74, 6) is -1.69. The summed E-state index contributed by atoms with van der Waals surface area (Å²) >= 11 is 0. The maximum atomic E-state index is 11.8. The molecule has 1 amide bonds. The van der Waals surface area contributed by atoms with Gasteiger partial charge < -0.3 is 10.1 Å². The number of nitrogens with one attached hydrogen (secondary N) is 1. The normalized spacial score (nSPS) is 15.6. The smallest absolute Gasteiger partial charge is 0.379 e. The zero-order valence-electron chi connectivity index (χ0n) is 11.1. The first-order chi connectivity index (χ1) is 8.87. The molecule has 0 spiro atoms. The Balaban J connectivity index is 2.38. The van der Waals surface area contributed by atoms with Gasteiger partial charge in [0.2, 0.25) is 5.91 Å². The van der Waals surface area contributed by atoms with Crippen molar-refractivity contribution in [3.63, 3.8) is 0 Å². The van der Waals surface area contributed by atoms with Crippen LogP contribution in [-0.4, -0.2) is 24.3 Å². The van der Waals surface area contributed by atoms with E-state index in [1.807, 2.05) is 0 Å². The molecule has 0 bridgehead atoms. The van der Waals surface area contributed by atoms with Crippen LogP contribution in [0.3, 0.4) is 0 Å². The number of hydrogen-bond donors (Lipinski definition) is 1. The lowest BCUT2D eigenvalue weighted by Crippen LogP contribution is -2.27. The summed E-state index contributed by atoms with van der Waals surface area (Å²) in [7, 11) is 0. The van der Waals surface area contributed by atoms with Gasteiger partial charge in [0.1, 0.15) is 0 Å². The molecular formula is C14H15NO4. The Bertz CT molecular complexity index is 575. The zero-order chi connectivity index (χ0) is 14.2. The summed E-state index contributed by atoms with van der Waals surface area (Å²) in [6.45, 7) is 5.33. The van der Waals surface area contributed by atoms with Crippen molar-refractivity contribution < 1.29 is 19.1 Å². The highest BCUT2D eigenvalue weighted by Crippen LogP contribution is 2.37. The topological polar surface area (TPSA) is 72.5 Å². The molecule has 1 aromatic carbocycles. The van der Waals surface area contributed by atoms with Gasteiger partial charge in [-0.15, -0.1) is 0 Å². The average molecular weight is 261 g/mol. The average Bonchev–Trinajstić information content (AvgIpc) is 2.59. The van der Waals surface area contributed by atoms with E-state index in [4.69, 9.17) is 0 Å². The fourth-order valence-electron chi connectivity index (χ4n) is 2.03. The molecule has 0 radical (unpaired) electrons. The highest BCUT2D eigenvalue weighted by Gasteiger charge is 2.38. The first-order valence-electron chi connectivity index (χ1n) is 6.05. The first kappa shape index (κ1) is 13.3. The van der Waals surface area contributed by atoms with Crippen LogP contribution in [0, 0.1) is 0 Å². The Kier molecular flexibility index (Phi) is 3.14. The fraction of sp³-hybridized carbons (Fsp3) is 0.357. The highest BCUT2D eigenvalue weighted by molar-refractivity contribution is 6.40. The number of carbonyl (C=O) groups excluding carboxylic acids is 3. The van der Waals surface area contributed by atoms with Crippen molar-refractivity contribution in [3.05, 3.63) is 29.3 Å². The second-order valence-electron chi connectivity index (χ2n) is 4.89. The molecule has 1 N–H and O–H groups in total. The van der Waals surface area contributed by atoms with Crippen LogP contribution in [0.5, 0.6) is 0 Å². The molecule has 2 rings (SSSR count). The Labute approximate surface area is 110 Å². The van der Waals surface area contributed by atoms with Gasteiger partial charge >= 0.3 is 5.97 Å². The van der Waals surface area contributed by atoms with Crippen LogP contribution in [0.25, 0.3) is 0 Å². The lowest BCUT2D eigenvalue weighted by Gasteiger charge is -2.15. The second-order valence-corrected chi connectivity index (χ2v) is 4.89. The molecule has 1 aliphatic heterocycles. The van der Waals surface area contributed by atoms with Gasteiger partial charge in [-0.2, -0.15) is 0 Å². The van der Waals surface area contributed by atoms with Crippen molar-refractivity contribution in [3.8, 4) is 0 Å². The van der Waals surface area contributed by atoms with Crippen LogP contribution in [-0.2, 0) is 19.7 Å². The minimum absolute atomic E-state index is 0.122. The largest absolute Gasteiger partial charge is 0.460 e. The van der Waals surface area contributed by atoms with Crippen LogP contribution in [0.2, 0.25) is 0 Å². The quantitative estimate of drug-likeness (QED) is 0.510. The summed E-state index contributed by atoms with van der Waals surface area (Å²) in [6.07, 6.45) is 0.